The Morgan fingerprint density at radius 2 is 2.14 bits per heavy atom. The van der Waals surface area contributed by atoms with E-state index < -0.39 is 0 Å². The van der Waals surface area contributed by atoms with Crippen molar-refractivity contribution < 1.29 is 9.90 Å². The van der Waals surface area contributed by atoms with E-state index in [4.69, 9.17) is 0 Å². The molecule has 1 heterocycles. The molecule has 82 valence electrons. The van der Waals surface area contributed by atoms with Crippen LogP contribution in [0.3, 0.4) is 0 Å². The zero-order valence-corrected chi connectivity index (χ0v) is 9.20. The molecule has 0 radical (unpaired) electrons. The molecular weight excluding hydrogens is 178 g/mol. The number of likely N-dealkylation sites (tertiary alicyclic amines) is 1. The highest BCUT2D eigenvalue weighted by Crippen LogP contribution is 2.17. The maximum absolute atomic E-state index is 10.8. The second-order valence-corrected chi connectivity index (χ2v) is 4.97. The largest absolute Gasteiger partial charge is 0.393 e. The van der Waals surface area contributed by atoms with Gasteiger partial charge in [-0.05, 0) is 25.8 Å². The van der Waals surface area contributed by atoms with E-state index in [9.17, 15) is 9.90 Å². The summed E-state index contributed by atoms with van der Waals surface area (Å²) in [6, 6.07) is 0. The molecule has 0 aromatic heterocycles. The van der Waals surface area contributed by atoms with Gasteiger partial charge in [-0.15, -0.1) is 0 Å². The lowest BCUT2D eigenvalue weighted by Crippen LogP contribution is -2.36. The zero-order valence-electron chi connectivity index (χ0n) is 9.20. The minimum absolute atomic E-state index is 0.139. The molecule has 1 aliphatic heterocycles. The predicted molar refractivity (Wildman–Crippen MR) is 56.1 cm³/mol. The zero-order chi connectivity index (χ0) is 10.6. The number of aldehydes is 1. The lowest BCUT2D eigenvalue weighted by molar-refractivity contribution is -0.115. The Morgan fingerprint density at radius 1 is 1.43 bits per heavy atom. The predicted octanol–water partition coefficient (Wildman–Crippen LogP) is 1.06. The number of aliphatic hydroxyl groups is 1. The van der Waals surface area contributed by atoms with Crippen molar-refractivity contribution in [1.82, 2.24) is 4.90 Å². The van der Waals surface area contributed by atoms with Crippen molar-refractivity contribution in [3.8, 4) is 0 Å². The van der Waals surface area contributed by atoms with Crippen molar-refractivity contribution in [2.24, 2.45) is 5.41 Å². The molecule has 1 N–H and O–H groups in total. The van der Waals surface area contributed by atoms with Gasteiger partial charge in [0.15, 0.2) is 0 Å². The first-order valence-electron chi connectivity index (χ1n) is 5.40. The average molecular weight is 199 g/mol. The van der Waals surface area contributed by atoms with Gasteiger partial charge in [0.25, 0.3) is 0 Å². The molecule has 0 aromatic carbocycles. The van der Waals surface area contributed by atoms with E-state index >= 15 is 0 Å². The third-order valence-corrected chi connectivity index (χ3v) is 2.74. The van der Waals surface area contributed by atoms with Gasteiger partial charge in [-0.2, -0.15) is 0 Å². The van der Waals surface area contributed by atoms with Crippen molar-refractivity contribution in [2.45, 2.75) is 39.2 Å². The van der Waals surface area contributed by atoms with Crippen LogP contribution in [-0.4, -0.2) is 42.0 Å². The Morgan fingerprint density at radius 3 is 2.79 bits per heavy atom. The summed E-state index contributed by atoms with van der Waals surface area (Å²) in [5.41, 5.74) is -0.255. The number of rotatable bonds is 3. The summed E-state index contributed by atoms with van der Waals surface area (Å²) in [7, 11) is 0. The second kappa shape index (κ2) is 4.89. The molecule has 3 nitrogen and oxygen atoms in total. The molecule has 0 bridgehead atoms. The normalized spacial score (nSPS) is 25.8. The molecule has 1 saturated heterocycles. The third-order valence-electron chi connectivity index (χ3n) is 2.74. The van der Waals surface area contributed by atoms with Crippen LogP contribution < -0.4 is 0 Å². The first-order valence-corrected chi connectivity index (χ1v) is 5.40. The van der Waals surface area contributed by atoms with Crippen LogP contribution >= 0.6 is 0 Å². The van der Waals surface area contributed by atoms with Gasteiger partial charge in [-0.1, -0.05) is 13.8 Å². The van der Waals surface area contributed by atoms with Crippen molar-refractivity contribution in [2.75, 3.05) is 19.6 Å². The molecule has 3 heteroatoms. The maximum Gasteiger partial charge on any atom is 0.126 e. The van der Waals surface area contributed by atoms with Crippen molar-refractivity contribution in [1.29, 1.82) is 0 Å². The van der Waals surface area contributed by atoms with Crippen LogP contribution in [0.1, 0.15) is 33.1 Å². The Hall–Kier alpha value is -0.410. The van der Waals surface area contributed by atoms with E-state index in [1.165, 1.54) is 0 Å². The van der Waals surface area contributed by atoms with E-state index in [2.05, 4.69) is 4.90 Å². The fraction of sp³-hybridized carbons (Fsp3) is 0.909. The summed E-state index contributed by atoms with van der Waals surface area (Å²) in [6.45, 7) is 6.65. The fourth-order valence-corrected chi connectivity index (χ4v) is 1.91. The van der Waals surface area contributed by atoms with E-state index in [0.29, 0.717) is 0 Å². The highest BCUT2D eigenvalue weighted by molar-refractivity contribution is 5.58. The minimum atomic E-state index is -0.255. The quantitative estimate of drug-likeness (QED) is 0.691. The lowest BCUT2D eigenvalue weighted by atomic mass is 9.95. The summed E-state index contributed by atoms with van der Waals surface area (Å²) < 4.78 is 0. The number of hydrogen-bond donors (Lipinski definition) is 1. The maximum atomic E-state index is 10.8. The first-order chi connectivity index (χ1) is 6.53. The monoisotopic (exact) mass is 199 g/mol. The lowest BCUT2D eigenvalue weighted by Gasteiger charge is -2.27. The van der Waals surface area contributed by atoms with Crippen LogP contribution in [0.5, 0.6) is 0 Å². The van der Waals surface area contributed by atoms with Crippen LogP contribution in [-0.2, 0) is 4.79 Å². The second-order valence-electron chi connectivity index (χ2n) is 4.97. The first kappa shape index (κ1) is 11.7. The van der Waals surface area contributed by atoms with Gasteiger partial charge in [0, 0.05) is 18.5 Å². The molecule has 0 spiro atoms. The molecule has 0 aliphatic carbocycles. The summed E-state index contributed by atoms with van der Waals surface area (Å²) in [5.74, 6) is 0. The summed E-state index contributed by atoms with van der Waals surface area (Å²) in [5, 5.41) is 9.47. The summed E-state index contributed by atoms with van der Waals surface area (Å²) >= 11 is 0. The molecule has 1 rings (SSSR count). The molecule has 1 aliphatic rings. The molecule has 1 fully saturated rings. The number of nitrogens with zero attached hydrogens (tertiary/aromatic N) is 1. The van der Waals surface area contributed by atoms with Crippen molar-refractivity contribution >= 4 is 6.29 Å². The Bertz CT molecular complexity index is 192. The van der Waals surface area contributed by atoms with Gasteiger partial charge in [-0.25, -0.2) is 0 Å². The number of aliphatic hydroxyl groups excluding tert-OH is 1. The molecule has 14 heavy (non-hydrogen) atoms. The van der Waals surface area contributed by atoms with Gasteiger partial charge < -0.3 is 14.8 Å². The molecule has 0 saturated carbocycles. The number of carbonyl (C=O) groups is 1. The Balaban J connectivity index is 2.41. The molecular formula is C11H21NO2. The molecule has 1 atom stereocenters. The van der Waals surface area contributed by atoms with Crippen molar-refractivity contribution in [3.63, 3.8) is 0 Å². The topological polar surface area (TPSA) is 40.5 Å². The smallest absolute Gasteiger partial charge is 0.126 e. The minimum Gasteiger partial charge on any atom is -0.393 e. The third kappa shape index (κ3) is 3.76. The Labute approximate surface area is 86.1 Å². The SMILES string of the molecule is CC(C)(C=O)CN1CCCC(O)CC1. The van der Waals surface area contributed by atoms with Gasteiger partial charge in [0.1, 0.15) is 6.29 Å². The fourth-order valence-electron chi connectivity index (χ4n) is 1.91. The van der Waals surface area contributed by atoms with Crippen LogP contribution in [0.2, 0.25) is 0 Å². The van der Waals surface area contributed by atoms with Gasteiger partial charge in [0.05, 0.1) is 6.10 Å². The standard InChI is InChI=1S/C11H21NO2/c1-11(2,9-13)8-12-6-3-4-10(14)5-7-12/h9-10,14H,3-8H2,1-2H3. The Kier molecular flexibility index (Phi) is 4.08. The van der Waals surface area contributed by atoms with Crippen LogP contribution in [0.25, 0.3) is 0 Å². The van der Waals surface area contributed by atoms with Crippen LogP contribution in [0.15, 0.2) is 0 Å². The highest BCUT2D eigenvalue weighted by Gasteiger charge is 2.23. The van der Waals surface area contributed by atoms with E-state index in [0.717, 1.165) is 45.2 Å². The molecule has 0 amide bonds. The van der Waals surface area contributed by atoms with Crippen LogP contribution in [0, 0.1) is 5.41 Å². The number of hydrogen-bond acceptors (Lipinski definition) is 3. The average Bonchev–Trinajstić information content (AvgIpc) is 2.31. The van der Waals surface area contributed by atoms with E-state index in [1.807, 2.05) is 13.8 Å². The van der Waals surface area contributed by atoms with Crippen molar-refractivity contribution in [3.05, 3.63) is 0 Å². The summed E-state index contributed by atoms with van der Waals surface area (Å²) in [6.07, 6.45) is 3.66. The van der Waals surface area contributed by atoms with Gasteiger partial charge >= 0.3 is 0 Å². The molecule has 1 unspecified atom stereocenters. The van der Waals surface area contributed by atoms with E-state index in [1.54, 1.807) is 0 Å². The van der Waals surface area contributed by atoms with E-state index in [-0.39, 0.29) is 11.5 Å². The number of carbonyl (C=O) groups excluding carboxylic acids is 1. The molecule has 0 aromatic rings. The van der Waals surface area contributed by atoms with Crippen LogP contribution in [0.4, 0.5) is 0 Å². The highest BCUT2D eigenvalue weighted by atomic mass is 16.3. The van der Waals surface area contributed by atoms with Gasteiger partial charge in [0.2, 0.25) is 0 Å². The van der Waals surface area contributed by atoms with Gasteiger partial charge in [-0.3, -0.25) is 0 Å². The summed E-state index contributed by atoms with van der Waals surface area (Å²) in [4.78, 5) is 13.1.